The van der Waals surface area contributed by atoms with Crippen molar-refractivity contribution in [3.05, 3.63) is 35.9 Å². The van der Waals surface area contributed by atoms with Crippen LogP contribution in [-0.4, -0.2) is 25.8 Å². The summed E-state index contributed by atoms with van der Waals surface area (Å²) in [7, 11) is 0. The second kappa shape index (κ2) is 7.95. The fourth-order valence-electron chi connectivity index (χ4n) is 3.46. The zero-order valence-electron chi connectivity index (χ0n) is 13.9. The summed E-state index contributed by atoms with van der Waals surface area (Å²) >= 11 is 0. The highest BCUT2D eigenvalue weighted by Gasteiger charge is 2.33. The molecule has 118 valence electrons. The van der Waals surface area contributed by atoms with Crippen LogP contribution in [0.15, 0.2) is 30.3 Å². The summed E-state index contributed by atoms with van der Waals surface area (Å²) in [5, 5.41) is 3.69. The third-order valence-electron chi connectivity index (χ3n) is 4.93. The van der Waals surface area contributed by atoms with E-state index in [0.29, 0.717) is 6.04 Å². The maximum absolute atomic E-state index is 5.54. The van der Waals surface area contributed by atoms with E-state index in [-0.39, 0.29) is 5.41 Å². The standard InChI is InChI=1S/C19H31NO/c1-4-19(15-20-16(2)3,18-8-6-5-7-9-18)14-17-10-12-21-13-11-17/h5-9,16-17,20H,4,10-15H2,1-3H3. The lowest BCUT2D eigenvalue weighted by Crippen LogP contribution is -2.42. The van der Waals surface area contributed by atoms with Crippen molar-refractivity contribution in [1.82, 2.24) is 5.32 Å². The van der Waals surface area contributed by atoms with Crippen molar-refractivity contribution in [2.24, 2.45) is 5.92 Å². The minimum atomic E-state index is 0.257. The normalized spacial score (nSPS) is 19.6. The van der Waals surface area contributed by atoms with E-state index < -0.39 is 0 Å². The summed E-state index contributed by atoms with van der Waals surface area (Å²) in [6.07, 6.45) is 4.90. The molecule has 0 spiro atoms. The van der Waals surface area contributed by atoms with Gasteiger partial charge < -0.3 is 10.1 Å². The molecule has 1 saturated heterocycles. The summed E-state index contributed by atoms with van der Waals surface area (Å²) in [6.45, 7) is 9.77. The van der Waals surface area contributed by atoms with Gasteiger partial charge in [-0.1, -0.05) is 51.1 Å². The molecule has 2 rings (SSSR count). The van der Waals surface area contributed by atoms with Gasteiger partial charge in [0, 0.05) is 31.2 Å². The third kappa shape index (κ3) is 4.55. The molecular formula is C19H31NO. The molecule has 1 atom stereocenters. The predicted molar refractivity (Wildman–Crippen MR) is 89.7 cm³/mol. The number of hydrogen-bond acceptors (Lipinski definition) is 2. The van der Waals surface area contributed by atoms with E-state index in [4.69, 9.17) is 4.74 Å². The summed E-state index contributed by atoms with van der Waals surface area (Å²) in [5.74, 6) is 0.799. The predicted octanol–water partition coefficient (Wildman–Crippen LogP) is 4.15. The van der Waals surface area contributed by atoms with Crippen LogP contribution in [0.4, 0.5) is 0 Å². The fourth-order valence-corrected chi connectivity index (χ4v) is 3.46. The van der Waals surface area contributed by atoms with E-state index in [1.54, 1.807) is 0 Å². The molecule has 0 amide bonds. The summed E-state index contributed by atoms with van der Waals surface area (Å²) in [5.41, 5.74) is 1.75. The highest BCUT2D eigenvalue weighted by molar-refractivity contribution is 5.26. The van der Waals surface area contributed by atoms with Crippen molar-refractivity contribution in [3.8, 4) is 0 Å². The van der Waals surface area contributed by atoms with Crippen LogP contribution in [-0.2, 0) is 10.2 Å². The summed E-state index contributed by atoms with van der Waals surface area (Å²) in [4.78, 5) is 0. The Morgan fingerprint density at radius 2 is 1.86 bits per heavy atom. The Labute approximate surface area is 130 Å². The summed E-state index contributed by atoms with van der Waals surface area (Å²) < 4.78 is 5.54. The first kappa shape index (κ1) is 16.5. The van der Waals surface area contributed by atoms with Crippen LogP contribution in [0.25, 0.3) is 0 Å². The van der Waals surface area contributed by atoms with Crippen molar-refractivity contribution in [1.29, 1.82) is 0 Å². The molecular weight excluding hydrogens is 258 g/mol. The SMILES string of the molecule is CCC(CNC(C)C)(CC1CCOCC1)c1ccccc1. The second-order valence-corrected chi connectivity index (χ2v) is 6.80. The average Bonchev–Trinajstić information content (AvgIpc) is 2.53. The van der Waals surface area contributed by atoms with Gasteiger partial charge >= 0.3 is 0 Å². The molecule has 1 aromatic carbocycles. The van der Waals surface area contributed by atoms with Crippen molar-refractivity contribution < 1.29 is 4.74 Å². The van der Waals surface area contributed by atoms with Gasteiger partial charge in [-0.25, -0.2) is 0 Å². The van der Waals surface area contributed by atoms with Gasteiger partial charge in [-0.2, -0.15) is 0 Å². The van der Waals surface area contributed by atoms with E-state index in [9.17, 15) is 0 Å². The zero-order chi connectivity index (χ0) is 15.1. The van der Waals surface area contributed by atoms with Gasteiger partial charge in [-0.15, -0.1) is 0 Å². The first-order valence-electron chi connectivity index (χ1n) is 8.53. The Morgan fingerprint density at radius 1 is 1.19 bits per heavy atom. The molecule has 1 aromatic rings. The van der Waals surface area contributed by atoms with Crippen LogP contribution in [0.5, 0.6) is 0 Å². The number of ether oxygens (including phenoxy) is 1. The van der Waals surface area contributed by atoms with Crippen LogP contribution in [0.2, 0.25) is 0 Å². The molecule has 0 aromatic heterocycles. The molecule has 1 heterocycles. The van der Waals surface area contributed by atoms with Gasteiger partial charge in [-0.3, -0.25) is 0 Å². The number of rotatable bonds is 7. The molecule has 1 fully saturated rings. The monoisotopic (exact) mass is 289 g/mol. The lowest BCUT2D eigenvalue weighted by atomic mass is 9.70. The van der Waals surface area contributed by atoms with Crippen LogP contribution < -0.4 is 5.32 Å². The van der Waals surface area contributed by atoms with Gasteiger partial charge in [-0.05, 0) is 37.2 Å². The molecule has 0 aliphatic carbocycles. The Balaban J connectivity index is 2.18. The molecule has 2 nitrogen and oxygen atoms in total. The van der Waals surface area contributed by atoms with Crippen LogP contribution in [0, 0.1) is 5.92 Å². The molecule has 21 heavy (non-hydrogen) atoms. The Morgan fingerprint density at radius 3 is 2.43 bits per heavy atom. The largest absolute Gasteiger partial charge is 0.381 e. The van der Waals surface area contributed by atoms with Crippen LogP contribution >= 0.6 is 0 Å². The highest BCUT2D eigenvalue weighted by atomic mass is 16.5. The first-order chi connectivity index (χ1) is 10.2. The van der Waals surface area contributed by atoms with Crippen molar-refractivity contribution in [3.63, 3.8) is 0 Å². The second-order valence-electron chi connectivity index (χ2n) is 6.80. The summed E-state index contributed by atoms with van der Waals surface area (Å²) in [6, 6.07) is 11.6. The Bertz CT molecular complexity index is 397. The fraction of sp³-hybridized carbons (Fsp3) is 0.684. The van der Waals surface area contributed by atoms with Crippen molar-refractivity contribution in [2.45, 2.75) is 57.9 Å². The highest BCUT2D eigenvalue weighted by Crippen LogP contribution is 2.37. The molecule has 2 heteroatoms. The van der Waals surface area contributed by atoms with E-state index in [1.807, 2.05) is 0 Å². The zero-order valence-corrected chi connectivity index (χ0v) is 13.9. The van der Waals surface area contributed by atoms with E-state index >= 15 is 0 Å². The smallest absolute Gasteiger partial charge is 0.0468 e. The topological polar surface area (TPSA) is 21.3 Å². The molecule has 1 aliphatic rings. The van der Waals surface area contributed by atoms with Crippen molar-refractivity contribution >= 4 is 0 Å². The Hall–Kier alpha value is -0.860. The average molecular weight is 289 g/mol. The molecule has 0 saturated carbocycles. The van der Waals surface area contributed by atoms with Gasteiger partial charge in [0.25, 0.3) is 0 Å². The first-order valence-corrected chi connectivity index (χ1v) is 8.53. The molecule has 1 unspecified atom stereocenters. The number of hydrogen-bond donors (Lipinski definition) is 1. The van der Waals surface area contributed by atoms with Gasteiger partial charge in [0.15, 0.2) is 0 Å². The molecule has 0 radical (unpaired) electrons. The number of benzene rings is 1. The lowest BCUT2D eigenvalue weighted by molar-refractivity contribution is 0.0547. The maximum atomic E-state index is 5.54. The number of nitrogens with one attached hydrogen (secondary N) is 1. The molecule has 0 bridgehead atoms. The minimum absolute atomic E-state index is 0.257. The maximum Gasteiger partial charge on any atom is 0.0468 e. The van der Waals surface area contributed by atoms with Crippen molar-refractivity contribution in [2.75, 3.05) is 19.8 Å². The Kier molecular flexibility index (Phi) is 6.25. The van der Waals surface area contributed by atoms with Gasteiger partial charge in [0.2, 0.25) is 0 Å². The van der Waals surface area contributed by atoms with Crippen LogP contribution in [0.1, 0.15) is 52.0 Å². The van der Waals surface area contributed by atoms with E-state index in [0.717, 1.165) is 25.7 Å². The quantitative estimate of drug-likeness (QED) is 0.814. The van der Waals surface area contributed by atoms with Crippen LogP contribution in [0.3, 0.4) is 0 Å². The van der Waals surface area contributed by atoms with E-state index in [2.05, 4.69) is 56.4 Å². The van der Waals surface area contributed by atoms with E-state index in [1.165, 1.54) is 31.2 Å². The minimum Gasteiger partial charge on any atom is -0.381 e. The van der Waals surface area contributed by atoms with Gasteiger partial charge in [0.05, 0.1) is 0 Å². The molecule has 1 N–H and O–H groups in total. The molecule has 1 aliphatic heterocycles. The van der Waals surface area contributed by atoms with Gasteiger partial charge in [0.1, 0.15) is 0 Å². The lowest BCUT2D eigenvalue weighted by Gasteiger charge is -2.39. The third-order valence-corrected chi connectivity index (χ3v) is 4.93.